The lowest BCUT2D eigenvalue weighted by Crippen LogP contribution is -2.41. The molecule has 0 spiro atoms. The van der Waals surface area contributed by atoms with Gasteiger partial charge in [-0.3, -0.25) is 9.69 Å². The highest BCUT2D eigenvalue weighted by Gasteiger charge is 2.17. The number of nitrogens with zero attached hydrogens (tertiary/aromatic N) is 1. The van der Waals surface area contributed by atoms with Crippen LogP contribution in [0.2, 0.25) is 0 Å². The Bertz CT molecular complexity index is 440. The van der Waals surface area contributed by atoms with E-state index in [1.807, 2.05) is 24.3 Å². The molecule has 0 saturated carbocycles. The molecule has 1 N–H and O–H groups in total. The predicted molar refractivity (Wildman–Crippen MR) is 79.7 cm³/mol. The molecule has 1 fully saturated rings. The van der Waals surface area contributed by atoms with E-state index in [9.17, 15) is 4.79 Å². The molecule has 1 aliphatic rings. The van der Waals surface area contributed by atoms with Crippen molar-refractivity contribution in [3.63, 3.8) is 0 Å². The number of carbonyl (C=O) groups is 1. The van der Waals surface area contributed by atoms with E-state index in [4.69, 9.17) is 4.74 Å². The fraction of sp³-hybridized carbons (Fsp3) is 0.562. The van der Waals surface area contributed by atoms with Gasteiger partial charge >= 0.3 is 0 Å². The maximum absolute atomic E-state index is 11.9. The average Bonchev–Trinajstić information content (AvgIpc) is 2.48. The van der Waals surface area contributed by atoms with Crippen molar-refractivity contribution in [2.45, 2.75) is 26.3 Å². The van der Waals surface area contributed by atoms with Crippen LogP contribution in [0, 0.1) is 5.92 Å². The summed E-state index contributed by atoms with van der Waals surface area (Å²) in [5.41, 5.74) is 1.06. The number of methoxy groups -OCH3 is 1. The molecule has 1 aromatic carbocycles. The minimum atomic E-state index is 0.0994. The molecule has 110 valence electrons. The Morgan fingerprint density at radius 3 is 2.85 bits per heavy atom. The number of carbonyl (C=O) groups excluding carboxylic acids is 1. The summed E-state index contributed by atoms with van der Waals surface area (Å²) >= 11 is 0. The van der Waals surface area contributed by atoms with E-state index in [-0.39, 0.29) is 5.91 Å². The second-order valence-corrected chi connectivity index (χ2v) is 5.59. The standard InChI is InChI=1S/C16H24N2O2/c1-13-6-8-18(9-7-13)12-16(19)17-11-14-4-3-5-15(10-14)20-2/h3-5,10,13H,6-9,11-12H2,1-2H3,(H,17,19). The zero-order valence-electron chi connectivity index (χ0n) is 12.4. The first kappa shape index (κ1) is 14.9. The van der Waals surface area contributed by atoms with Crippen molar-refractivity contribution in [2.24, 2.45) is 5.92 Å². The maximum atomic E-state index is 11.9. The number of hydrogen-bond acceptors (Lipinski definition) is 3. The van der Waals surface area contributed by atoms with Gasteiger partial charge < -0.3 is 10.1 Å². The van der Waals surface area contributed by atoms with E-state index < -0.39 is 0 Å². The Labute approximate surface area is 121 Å². The first-order valence-corrected chi connectivity index (χ1v) is 7.29. The van der Waals surface area contributed by atoms with Crippen LogP contribution < -0.4 is 10.1 Å². The molecule has 1 aliphatic heterocycles. The van der Waals surface area contributed by atoms with Crippen LogP contribution in [0.1, 0.15) is 25.3 Å². The second-order valence-electron chi connectivity index (χ2n) is 5.59. The van der Waals surface area contributed by atoms with Crippen LogP contribution >= 0.6 is 0 Å². The van der Waals surface area contributed by atoms with Crippen LogP contribution in [-0.2, 0) is 11.3 Å². The first-order chi connectivity index (χ1) is 9.67. The summed E-state index contributed by atoms with van der Waals surface area (Å²) in [6, 6.07) is 7.78. The van der Waals surface area contributed by atoms with Crippen molar-refractivity contribution >= 4 is 5.91 Å². The molecule has 0 unspecified atom stereocenters. The van der Waals surface area contributed by atoms with Gasteiger partial charge in [0.15, 0.2) is 0 Å². The predicted octanol–water partition coefficient (Wildman–Crippen LogP) is 2.04. The maximum Gasteiger partial charge on any atom is 0.234 e. The van der Waals surface area contributed by atoms with Gasteiger partial charge in [-0.05, 0) is 49.5 Å². The molecule has 2 rings (SSSR count). The lowest BCUT2D eigenvalue weighted by Gasteiger charge is -2.29. The highest BCUT2D eigenvalue weighted by atomic mass is 16.5. The monoisotopic (exact) mass is 276 g/mol. The lowest BCUT2D eigenvalue weighted by atomic mass is 9.99. The molecule has 0 radical (unpaired) electrons. The molecule has 1 saturated heterocycles. The summed E-state index contributed by atoms with van der Waals surface area (Å²) in [5, 5.41) is 2.97. The molecule has 1 amide bonds. The topological polar surface area (TPSA) is 41.6 Å². The van der Waals surface area contributed by atoms with Gasteiger partial charge in [0.2, 0.25) is 5.91 Å². The number of amides is 1. The third-order valence-corrected chi connectivity index (χ3v) is 3.87. The summed E-state index contributed by atoms with van der Waals surface area (Å²) in [6.07, 6.45) is 2.40. The average molecular weight is 276 g/mol. The number of hydrogen-bond donors (Lipinski definition) is 1. The Morgan fingerprint density at radius 1 is 1.40 bits per heavy atom. The van der Waals surface area contributed by atoms with Crippen molar-refractivity contribution in [1.82, 2.24) is 10.2 Å². The molecule has 4 heteroatoms. The number of nitrogens with one attached hydrogen (secondary N) is 1. The second kappa shape index (κ2) is 7.29. The molecule has 1 aromatic rings. The van der Waals surface area contributed by atoms with E-state index in [1.54, 1.807) is 7.11 Å². The van der Waals surface area contributed by atoms with Crippen molar-refractivity contribution in [3.05, 3.63) is 29.8 Å². The molecule has 1 heterocycles. The van der Waals surface area contributed by atoms with Crippen molar-refractivity contribution in [1.29, 1.82) is 0 Å². The van der Waals surface area contributed by atoms with Crippen LogP contribution in [0.15, 0.2) is 24.3 Å². The molecular formula is C16H24N2O2. The van der Waals surface area contributed by atoms with Crippen LogP contribution in [0.3, 0.4) is 0 Å². The van der Waals surface area contributed by atoms with Crippen molar-refractivity contribution < 1.29 is 9.53 Å². The summed E-state index contributed by atoms with van der Waals surface area (Å²) in [5.74, 6) is 1.72. The highest BCUT2D eigenvalue weighted by Crippen LogP contribution is 2.15. The van der Waals surface area contributed by atoms with Gasteiger partial charge in [0.05, 0.1) is 13.7 Å². The van der Waals surface area contributed by atoms with Crippen LogP contribution in [0.4, 0.5) is 0 Å². The summed E-state index contributed by atoms with van der Waals surface area (Å²) < 4.78 is 5.17. The summed E-state index contributed by atoms with van der Waals surface area (Å²) in [7, 11) is 1.65. The fourth-order valence-corrected chi connectivity index (χ4v) is 2.46. The van der Waals surface area contributed by atoms with Crippen molar-refractivity contribution in [3.8, 4) is 5.75 Å². The molecule has 0 bridgehead atoms. The number of ether oxygens (including phenoxy) is 1. The third kappa shape index (κ3) is 4.53. The highest BCUT2D eigenvalue weighted by molar-refractivity contribution is 5.78. The van der Waals surface area contributed by atoms with E-state index in [0.717, 1.165) is 30.3 Å². The summed E-state index contributed by atoms with van der Waals surface area (Å²) in [4.78, 5) is 14.2. The van der Waals surface area contributed by atoms with Gasteiger partial charge in [-0.1, -0.05) is 19.1 Å². The number of rotatable bonds is 5. The smallest absolute Gasteiger partial charge is 0.234 e. The minimum Gasteiger partial charge on any atom is -0.497 e. The molecule has 4 nitrogen and oxygen atoms in total. The molecule has 0 aliphatic carbocycles. The summed E-state index contributed by atoms with van der Waals surface area (Å²) in [6.45, 7) is 5.42. The van der Waals surface area contributed by atoms with Crippen LogP contribution in [0.5, 0.6) is 5.75 Å². The normalized spacial score (nSPS) is 16.9. The Hall–Kier alpha value is -1.55. The number of piperidine rings is 1. The van der Waals surface area contributed by atoms with Gasteiger partial charge in [0, 0.05) is 6.54 Å². The van der Waals surface area contributed by atoms with Crippen LogP contribution in [0.25, 0.3) is 0 Å². The number of likely N-dealkylation sites (tertiary alicyclic amines) is 1. The zero-order valence-corrected chi connectivity index (χ0v) is 12.4. The SMILES string of the molecule is COc1cccc(CNC(=O)CN2CCC(C)CC2)c1. The van der Waals surface area contributed by atoms with Gasteiger partial charge in [0.1, 0.15) is 5.75 Å². The van der Waals surface area contributed by atoms with Gasteiger partial charge in [-0.2, -0.15) is 0 Å². The quantitative estimate of drug-likeness (QED) is 0.895. The van der Waals surface area contributed by atoms with E-state index >= 15 is 0 Å². The van der Waals surface area contributed by atoms with Gasteiger partial charge in [0.25, 0.3) is 0 Å². The zero-order chi connectivity index (χ0) is 14.4. The Morgan fingerprint density at radius 2 is 2.15 bits per heavy atom. The largest absolute Gasteiger partial charge is 0.497 e. The first-order valence-electron chi connectivity index (χ1n) is 7.29. The molecule has 0 atom stereocenters. The minimum absolute atomic E-state index is 0.0994. The number of benzene rings is 1. The molecule has 0 aromatic heterocycles. The molecule has 20 heavy (non-hydrogen) atoms. The third-order valence-electron chi connectivity index (χ3n) is 3.87. The lowest BCUT2D eigenvalue weighted by molar-refractivity contribution is -0.122. The van der Waals surface area contributed by atoms with Crippen LogP contribution in [-0.4, -0.2) is 37.6 Å². The van der Waals surface area contributed by atoms with E-state index in [0.29, 0.717) is 13.1 Å². The molecular weight excluding hydrogens is 252 g/mol. The van der Waals surface area contributed by atoms with E-state index in [1.165, 1.54) is 12.8 Å². The fourth-order valence-electron chi connectivity index (χ4n) is 2.46. The Kier molecular flexibility index (Phi) is 5.41. The van der Waals surface area contributed by atoms with E-state index in [2.05, 4.69) is 17.1 Å². The Balaban J connectivity index is 1.74. The van der Waals surface area contributed by atoms with Gasteiger partial charge in [-0.15, -0.1) is 0 Å². The van der Waals surface area contributed by atoms with Crippen molar-refractivity contribution in [2.75, 3.05) is 26.7 Å². The van der Waals surface area contributed by atoms with Gasteiger partial charge in [-0.25, -0.2) is 0 Å².